The van der Waals surface area contributed by atoms with E-state index in [0.717, 1.165) is 25.9 Å². The zero-order valence-electron chi connectivity index (χ0n) is 15.5. The first-order valence-electron chi connectivity index (χ1n) is 9.40. The number of likely N-dealkylation sites (tertiary alicyclic amines) is 1. The number of amides is 2. The molecule has 0 aliphatic carbocycles. The molecule has 27 heavy (non-hydrogen) atoms. The SMILES string of the molecule is CCOC(=O)N1CCC(N2CCN(C(=O)c3c(F)cccc3Cl)CC2)CC1. The molecule has 2 aliphatic rings. The highest BCUT2D eigenvalue weighted by molar-refractivity contribution is 6.33. The van der Waals surface area contributed by atoms with E-state index >= 15 is 0 Å². The highest BCUT2D eigenvalue weighted by atomic mass is 35.5. The van der Waals surface area contributed by atoms with E-state index in [9.17, 15) is 14.0 Å². The highest BCUT2D eigenvalue weighted by Gasteiger charge is 2.31. The summed E-state index contributed by atoms with van der Waals surface area (Å²) in [5.74, 6) is -0.934. The maximum Gasteiger partial charge on any atom is 0.409 e. The predicted octanol–water partition coefficient (Wildman–Crippen LogP) is 2.86. The summed E-state index contributed by atoms with van der Waals surface area (Å²) in [5.41, 5.74) is -0.0460. The van der Waals surface area contributed by atoms with E-state index in [1.165, 1.54) is 18.2 Å². The smallest absolute Gasteiger partial charge is 0.409 e. The molecule has 1 aromatic rings. The van der Waals surface area contributed by atoms with Gasteiger partial charge < -0.3 is 14.5 Å². The lowest BCUT2D eigenvalue weighted by Crippen LogP contribution is -2.54. The van der Waals surface area contributed by atoms with E-state index in [1.807, 2.05) is 0 Å². The van der Waals surface area contributed by atoms with Crippen LogP contribution < -0.4 is 0 Å². The fraction of sp³-hybridized carbons (Fsp3) is 0.579. The van der Waals surface area contributed by atoms with Gasteiger partial charge >= 0.3 is 6.09 Å². The van der Waals surface area contributed by atoms with Gasteiger partial charge in [-0.15, -0.1) is 0 Å². The van der Waals surface area contributed by atoms with Gasteiger partial charge in [-0.05, 0) is 31.9 Å². The van der Waals surface area contributed by atoms with E-state index in [0.29, 0.717) is 38.8 Å². The molecule has 0 unspecified atom stereocenters. The average Bonchev–Trinajstić information content (AvgIpc) is 2.68. The van der Waals surface area contributed by atoms with Crippen molar-refractivity contribution in [1.29, 1.82) is 0 Å². The third kappa shape index (κ3) is 4.52. The van der Waals surface area contributed by atoms with Crippen LogP contribution in [0.4, 0.5) is 9.18 Å². The van der Waals surface area contributed by atoms with Gasteiger partial charge in [0.15, 0.2) is 0 Å². The van der Waals surface area contributed by atoms with Crippen molar-refractivity contribution in [2.24, 2.45) is 0 Å². The minimum absolute atomic E-state index is 0.0460. The van der Waals surface area contributed by atoms with Crippen molar-refractivity contribution in [2.75, 3.05) is 45.9 Å². The first-order chi connectivity index (χ1) is 13.0. The summed E-state index contributed by atoms with van der Waals surface area (Å²) in [6, 6.07) is 4.68. The lowest BCUT2D eigenvalue weighted by molar-refractivity contribution is 0.0414. The molecule has 6 nitrogen and oxygen atoms in total. The summed E-state index contributed by atoms with van der Waals surface area (Å²) in [4.78, 5) is 30.2. The molecule has 3 rings (SSSR count). The summed E-state index contributed by atoms with van der Waals surface area (Å²) in [6.45, 7) is 6.13. The molecule has 2 aliphatic heterocycles. The average molecular weight is 398 g/mol. The fourth-order valence-electron chi connectivity index (χ4n) is 3.78. The molecule has 0 spiro atoms. The predicted molar refractivity (Wildman–Crippen MR) is 101 cm³/mol. The number of nitrogens with zero attached hydrogens (tertiary/aromatic N) is 3. The molecule has 0 N–H and O–H groups in total. The second-order valence-electron chi connectivity index (χ2n) is 6.84. The Morgan fingerprint density at radius 1 is 1.11 bits per heavy atom. The molecule has 148 valence electrons. The van der Waals surface area contributed by atoms with Crippen LogP contribution in [0.25, 0.3) is 0 Å². The second kappa shape index (κ2) is 8.89. The molecule has 0 atom stereocenters. The number of benzene rings is 1. The molecule has 1 aromatic carbocycles. The first-order valence-corrected chi connectivity index (χ1v) is 9.78. The van der Waals surface area contributed by atoms with Crippen LogP contribution in [0.3, 0.4) is 0 Å². The van der Waals surface area contributed by atoms with Crippen molar-refractivity contribution >= 4 is 23.6 Å². The third-order valence-electron chi connectivity index (χ3n) is 5.28. The Bertz CT molecular complexity index is 667. The molecular formula is C19H25ClFN3O3. The molecule has 2 saturated heterocycles. The largest absolute Gasteiger partial charge is 0.450 e. The monoisotopic (exact) mass is 397 g/mol. The van der Waals surface area contributed by atoms with Gasteiger partial charge in [0.1, 0.15) is 5.82 Å². The van der Waals surface area contributed by atoms with Gasteiger partial charge in [0.05, 0.1) is 17.2 Å². The maximum absolute atomic E-state index is 14.0. The molecule has 8 heteroatoms. The zero-order chi connectivity index (χ0) is 19.4. The van der Waals surface area contributed by atoms with Gasteiger partial charge in [-0.1, -0.05) is 17.7 Å². The Morgan fingerprint density at radius 2 is 1.78 bits per heavy atom. The number of carbonyl (C=O) groups is 2. The lowest BCUT2D eigenvalue weighted by atomic mass is 10.0. The molecule has 0 saturated carbocycles. The van der Waals surface area contributed by atoms with Crippen molar-refractivity contribution in [2.45, 2.75) is 25.8 Å². The maximum atomic E-state index is 14.0. The van der Waals surface area contributed by atoms with Crippen molar-refractivity contribution in [3.63, 3.8) is 0 Å². The van der Waals surface area contributed by atoms with Gasteiger partial charge in [-0.2, -0.15) is 0 Å². The minimum atomic E-state index is -0.582. The molecule has 0 radical (unpaired) electrons. The van der Waals surface area contributed by atoms with Crippen molar-refractivity contribution in [3.8, 4) is 0 Å². The van der Waals surface area contributed by atoms with Gasteiger partial charge in [0.2, 0.25) is 0 Å². The van der Waals surface area contributed by atoms with Gasteiger partial charge in [0, 0.05) is 45.3 Å². The molecule has 2 amide bonds. The fourth-order valence-corrected chi connectivity index (χ4v) is 4.02. The summed E-state index contributed by atoms with van der Waals surface area (Å²) < 4.78 is 19.0. The summed E-state index contributed by atoms with van der Waals surface area (Å²) in [6.07, 6.45) is 1.55. The second-order valence-corrected chi connectivity index (χ2v) is 7.25. The Hall–Kier alpha value is -1.86. The topological polar surface area (TPSA) is 53.1 Å². The number of rotatable bonds is 3. The van der Waals surface area contributed by atoms with E-state index in [2.05, 4.69) is 4.90 Å². The van der Waals surface area contributed by atoms with Crippen LogP contribution in [-0.2, 0) is 4.74 Å². The van der Waals surface area contributed by atoms with E-state index in [4.69, 9.17) is 16.3 Å². The van der Waals surface area contributed by atoms with Crippen LogP contribution in [0.1, 0.15) is 30.1 Å². The molecule has 0 bridgehead atoms. The third-order valence-corrected chi connectivity index (χ3v) is 5.60. The van der Waals surface area contributed by atoms with E-state index in [-0.39, 0.29) is 22.6 Å². The van der Waals surface area contributed by atoms with Crippen molar-refractivity contribution in [3.05, 3.63) is 34.6 Å². The molecular weight excluding hydrogens is 373 g/mol. The minimum Gasteiger partial charge on any atom is -0.450 e. The number of piperidine rings is 1. The van der Waals surface area contributed by atoms with Crippen molar-refractivity contribution < 1.29 is 18.7 Å². The summed E-state index contributed by atoms with van der Waals surface area (Å²) in [5, 5.41) is 0.147. The number of carbonyl (C=O) groups excluding carboxylic acids is 2. The highest BCUT2D eigenvalue weighted by Crippen LogP contribution is 2.23. The summed E-state index contributed by atoms with van der Waals surface area (Å²) >= 11 is 6.02. The zero-order valence-corrected chi connectivity index (χ0v) is 16.3. The standard InChI is InChI=1S/C19H25ClFN3O3/c1-2-27-19(26)24-8-6-14(7-9-24)22-10-12-23(13-11-22)18(25)17-15(20)4-3-5-16(17)21/h3-5,14H,2,6-13H2,1H3. The molecule has 0 aromatic heterocycles. The lowest BCUT2D eigenvalue weighted by Gasteiger charge is -2.42. The van der Waals surface area contributed by atoms with Gasteiger partial charge in [-0.3, -0.25) is 9.69 Å². The van der Waals surface area contributed by atoms with E-state index in [1.54, 1.807) is 16.7 Å². The van der Waals surface area contributed by atoms with E-state index < -0.39 is 5.82 Å². The number of halogens is 2. The van der Waals surface area contributed by atoms with Gasteiger partial charge in [0.25, 0.3) is 5.91 Å². The Morgan fingerprint density at radius 3 is 2.37 bits per heavy atom. The van der Waals surface area contributed by atoms with Crippen molar-refractivity contribution in [1.82, 2.24) is 14.7 Å². The number of ether oxygens (including phenoxy) is 1. The van der Waals surface area contributed by atoms with Crippen LogP contribution >= 0.6 is 11.6 Å². The number of hydrogen-bond acceptors (Lipinski definition) is 4. The Labute approximate surface area is 163 Å². The van der Waals surface area contributed by atoms with Crippen LogP contribution in [0.15, 0.2) is 18.2 Å². The molecule has 2 heterocycles. The Kier molecular flexibility index (Phi) is 6.55. The Balaban J connectivity index is 1.51. The molecule has 2 fully saturated rings. The number of piperazine rings is 1. The van der Waals surface area contributed by atoms with Crippen LogP contribution in [0.2, 0.25) is 5.02 Å². The normalized spacial score (nSPS) is 19.2. The van der Waals surface area contributed by atoms with Crippen LogP contribution in [0.5, 0.6) is 0 Å². The van der Waals surface area contributed by atoms with Crippen LogP contribution in [-0.4, -0.2) is 78.6 Å². The summed E-state index contributed by atoms with van der Waals surface area (Å²) in [7, 11) is 0. The number of hydrogen-bond donors (Lipinski definition) is 0. The van der Waals surface area contributed by atoms with Gasteiger partial charge in [-0.25, -0.2) is 9.18 Å². The first kappa shape index (κ1) is 19.9. The van der Waals surface area contributed by atoms with Crippen LogP contribution in [0, 0.1) is 5.82 Å². The quantitative estimate of drug-likeness (QED) is 0.787.